The number of piperidine rings is 1. The minimum Gasteiger partial charge on any atom is -0.359 e. The molecule has 1 heterocycles. The second kappa shape index (κ2) is 7.25. The van der Waals surface area contributed by atoms with Crippen LogP contribution in [0.4, 0.5) is 0 Å². The summed E-state index contributed by atoms with van der Waals surface area (Å²) in [5.41, 5.74) is -0.330. The standard InChI is InChI=1S/C15H31N3O/c1-12(2)10-18-8-6-13(7-9-18)17-11-15(3,4)14(19)16-5/h12-13,17H,6-11H2,1-5H3,(H,16,19). The Kier molecular flexibility index (Phi) is 6.27. The number of nitrogens with one attached hydrogen (secondary N) is 2. The number of nitrogens with zero attached hydrogens (tertiary/aromatic N) is 1. The number of hydrogen-bond donors (Lipinski definition) is 2. The molecule has 112 valence electrons. The molecule has 0 saturated carbocycles. The zero-order valence-electron chi connectivity index (χ0n) is 13.3. The second-order valence-corrected chi connectivity index (χ2v) is 6.81. The first-order valence-electron chi connectivity index (χ1n) is 7.53. The number of carbonyl (C=O) groups excluding carboxylic acids is 1. The summed E-state index contributed by atoms with van der Waals surface area (Å²) in [4.78, 5) is 14.3. The number of carbonyl (C=O) groups is 1. The van der Waals surface area contributed by atoms with Crippen LogP contribution in [0.5, 0.6) is 0 Å². The highest BCUT2D eigenvalue weighted by atomic mass is 16.2. The molecule has 0 atom stereocenters. The van der Waals surface area contributed by atoms with E-state index < -0.39 is 0 Å². The van der Waals surface area contributed by atoms with Crippen LogP contribution in [0.3, 0.4) is 0 Å². The lowest BCUT2D eigenvalue weighted by molar-refractivity contribution is -0.128. The van der Waals surface area contributed by atoms with Gasteiger partial charge in [-0.3, -0.25) is 4.79 Å². The highest BCUT2D eigenvalue weighted by Gasteiger charge is 2.28. The molecule has 0 radical (unpaired) electrons. The molecule has 1 aliphatic heterocycles. The van der Waals surface area contributed by atoms with Gasteiger partial charge in [0.1, 0.15) is 0 Å². The largest absolute Gasteiger partial charge is 0.359 e. The molecule has 0 aromatic carbocycles. The van der Waals surface area contributed by atoms with E-state index in [9.17, 15) is 4.79 Å². The molecule has 2 N–H and O–H groups in total. The summed E-state index contributed by atoms with van der Waals surface area (Å²) in [5.74, 6) is 0.855. The van der Waals surface area contributed by atoms with Crippen molar-refractivity contribution in [3.8, 4) is 0 Å². The summed E-state index contributed by atoms with van der Waals surface area (Å²) in [5, 5.41) is 6.30. The van der Waals surface area contributed by atoms with Gasteiger partial charge in [-0.2, -0.15) is 0 Å². The first kappa shape index (κ1) is 16.4. The van der Waals surface area contributed by atoms with Gasteiger partial charge in [0.05, 0.1) is 5.41 Å². The zero-order valence-corrected chi connectivity index (χ0v) is 13.3. The van der Waals surface area contributed by atoms with Crippen LogP contribution in [0, 0.1) is 11.3 Å². The SMILES string of the molecule is CNC(=O)C(C)(C)CNC1CCN(CC(C)C)CC1. The van der Waals surface area contributed by atoms with Crippen LogP contribution < -0.4 is 10.6 Å². The Morgan fingerprint density at radius 2 is 1.89 bits per heavy atom. The molecule has 1 fully saturated rings. The van der Waals surface area contributed by atoms with Crippen LogP contribution in [0.2, 0.25) is 0 Å². The molecule has 0 aromatic heterocycles. The monoisotopic (exact) mass is 269 g/mol. The predicted octanol–water partition coefficient (Wildman–Crippen LogP) is 1.47. The van der Waals surface area contributed by atoms with Gasteiger partial charge in [0, 0.05) is 26.2 Å². The molecule has 0 spiro atoms. The van der Waals surface area contributed by atoms with Gasteiger partial charge in [0.25, 0.3) is 0 Å². The number of rotatable bonds is 6. The number of amides is 1. The van der Waals surface area contributed by atoms with E-state index in [1.54, 1.807) is 7.05 Å². The van der Waals surface area contributed by atoms with Gasteiger partial charge in [-0.05, 0) is 45.7 Å². The molecule has 0 aromatic rings. The fraction of sp³-hybridized carbons (Fsp3) is 0.933. The van der Waals surface area contributed by atoms with E-state index >= 15 is 0 Å². The first-order valence-corrected chi connectivity index (χ1v) is 7.53. The normalized spacial score (nSPS) is 18.8. The van der Waals surface area contributed by atoms with Crippen molar-refractivity contribution in [3.05, 3.63) is 0 Å². The van der Waals surface area contributed by atoms with E-state index in [0.29, 0.717) is 6.04 Å². The summed E-state index contributed by atoms with van der Waals surface area (Å²) >= 11 is 0. The minimum atomic E-state index is -0.330. The molecule has 0 unspecified atom stereocenters. The lowest BCUT2D eigenvalue weighted by Gasteiger charge is -2.35. The highest BCUT2D eigenvalue weighted by Crippen LogP contribution is 2.16. The predicted molar refractivity (Wildman–Crippen MR) is 80.2 cm³/mol. The fourth-order valence-electron chi connectivity index (χ4n) is 2.65. The Morgan fingerprint density at radius 3 is 2.37 bits per heavy atom. The van der Waals surface area contributed by atoms with Crippen LogP contribution in [0.15, 0.2) is 0 Å². The zero-order chi connectivity index (χ0) is 14.5. The Labute approximate surface area is 118 Å². The third-order valence-corrected chi connectivity index (χ3v) is 3.89. The lowest BCUT2D eigenvalue weighted by Crippen LogP contribution is -2.48. The van der Waals surface area contributed by atoms with Gasteiger partial charge in [0.15, 0.2) is 0 Å². The fourth-order valence-corrected chi connectivity index (χ4v) is 2.65. The van der Waals surface area contributed by atoms with Crippen LogP contribution in [0.1, 0.15) is 40.5 Å². The third kappa shape index (κ3) is 5.49. The van der Waals surface area contributed by atoms with Gasteiger partial charge in [-0.1, -0.05) is 13.8 Å². The summed E-state index contributed by atoms with van der Waals surface area (Å²) in [7, 11) is 1.70. The van der Waals surface area contributed by atoms with Crippen molar-refractivity contribution in [2.24, 2.45) is 11.3 Å². The molecular weight excluding hydrogens is 238 g/mol. The molecule has 1 saturated heterocycles. The van der Waals surface area contributed by atoms with Crippen molar-refractivity contribution in [1.82, 2.24) is 15.5 Å². The lowest BCUT2D eigenvalue weighted by atomic mass is 9.91. The van der Waals surface area contributed by atoms with Gasteiger partial charge < -0.3 is 15.5 Å². The van der Waals surface area contributed by atoms with Gasteiger partial charge in [-0.15, -0.1) is 0 Å². The van der Waals surface area contributed by atoms with E-state index in [4.69, 9.17) is 0 Å². The molecule has 0 aliphatic carbocycles. The molecule has 19 heavy (non-hydrogen) atoms. The minimum absolute atomic E-state index is 0.109. The number of hydrogen-bond acceptors (Lipinski definition) is 3. The van der Waals surface area contributed by atoms with Crippen molar-refractivity contribution in [2.75, 3.05) is 33.2 Å². The summed E-state index contributed by atoms with van der Waals surface area (Å²) in [6.45, 7) is 12.8. The van der Waals surface area contributed by atoms with E-state index in [1.165, 1.54) is 32.5 Å². The topological polar surface area (TPSA) is 44.4 Å². The average Bonchev–Trinajstić information content (AvgIpc) is 2.36. The maximum Gasteiger partial charge on any atom is 0.226 e. The molecular formula is C15H31N3O. The molecule has 0 bridgehead atoms. The quantitative estimate of drug-likeness (QED) is 0.767. The van der Waals surface area contributed by atoms with E-state index in [-0.39, 0.29) is 11.3 Å². The smallest absolute Gasteiger partial charge is 0.226 e. The third-order valence-electron chi connectivity index (χ3n) is 3.89. The maximum absolute atomic E-state index is 11.7. The van der Waals surface area contributed by atoms with Crippen LogP contribution >= 0.6 is 0 Å². The Bertz CT molecular complexity index is 281. The van der Waals surface area contributed by atoms with Gasteiger partial charge in [-0.25, -0.2) is 0 Å². The Morgan fingerprint density at radius 1 is 1.32 bits per heavy atom. The average molecular weight is 269 g/mol. The van der Waals surface area contributed by atoms with E-state index in [2.05, 4.69) is 29.4 Å². The first-order chi connectivity index (χ1) is 8.85. The summed E-state index contributed by atoms with van der Waals surface area (Å²) in [6, 6.07) is 0.562. The molecule has 1 rings (SSSR count). The molecule has 4 nitrogen and oxygen atoms in total. The highest BCUT2D eigenvalue weighted by molar-refractivity contribution is 5.81. The molecule has 4 heteroatoms. The van der Waals surface area contributed by atoms with Crippen molar-refractivity contribution in [1.29, 1.82) is 0 Å². The second-order valence-electron chi connectivity index (χ2n) is 6.81. The van der Waals surface area contributed by atoms with Crippen LogP contribution in [-0.2, 0) is 4.79 Å². The van der Waals surface area contributed by atoms with Crippen LogP contribution in [-0.4, -0.2) is 50.1 Å². The van der Waals surface area contributed by atoms with Crippen molar-refractivity contribution in [2.45, 2.75) is 46.6 Å². The van der Waals surface area contributed by atoms with E-state index in [1.807, 2.05) is 13.8 Å². The molecule has 1 aliphatic rings. The molecule has 1 amide bonds. The Balaban J connectivity index is 2.28. The number of likely N-dealkylation sites (tertiary alicyclic amines) is 1. The Hall–Kier alpha value is -0.610. The van der Waals surface area contributed by atoms with Crippen LogP contribution in [0.25, 0.3) is 0 Å². The van der Waals surface area contributed by atoms with Crippen molar-refractivity contribution in [3.63, 3.8) is 0 Å². The van der Waals surface area contributed by atoms with Crippen molar-refractivity contribution >= 4 is 5.91 Å². The summed E-state index contributed by atoms with van der Waals surface area (Å²) < 4.78 is 0. The summed E-state index contributed by atoms with van der Waals surface area (Å²) in [6.07, 6.45) is 2.38. The van der Waals surface area contributed by atoms with Gasteiger partial charge in [0.2, 0.25) is 5.91 Å². The van der Waals surface area contributed by atoms with E-state index in [0.717, 1.165) is 12.5 Å². The van der Waals surface area contributed by atoms with Crippen molar-refractivity contribution < 1.29 is 4.79 Å². The van der Waals surface area contributed by atoms with Gasteiger partial charge >= 0.3 is 0 Å². The maximum atomic E-state index is 11.7.